The molecule has 0 bridgehead atoms. The van der Waals surface area contributed by atoms with E-state index in [-0.39, 0.29) is 29.8 Å². The Bertz CT molecular complexity index is 574. The van der Waals surface area contributed by atoms with Crippen LogP contribution in [-0.2, 0) is 11.2 Å². The minimum absolute atomic E-state index is 0. The molecule has 2 rings (SSSR count). The van der Waals surface area contributed by atoms with E-state index in [9.17, 15) is 4.39 Å². The maximum absolute atomic E-state index is 13.8. The monoisotopic (exact) mass is 541 g/mol. The predicted octanol–water partition coefficient (Wildman–Crippen LogP) is 4.46. The van der Waals surface area contributed by atoms with Gasteiger partial charge in [0.1, 0.15) is 5.82 Å². The Labute approximate surface area is 182 Å². The average Bonchev–Trinajstić information content (AvgIpc) is 3.06. The van der Waals surface area contributed by atoms with Crippen molar-refractivity contribution in [3.63, 3.8) is 0 Å². The number of hydrogen-bond donors (Lipinski definition) is 1. The van der Waals surface area contributed by atoms with Crippen molar-refractivity contribution in [3.8, 4) is 0 Å². The van der Waals surface area contributed by atoms with Gasteiger partial charge in [-0.15, -0.1) is 24.0 Å². The number of likely N-dealkylation sites (tertiary alicyclic amines) is 1. The van der Waals surface area contributed by atoms with E-state index >= 15 is 0 Å². The van der Waals surface area contributed by atoms with Gasteiger partial charge in [-0.05, 0) is 50.8 Å². The van der Waals surface area contributed by atoms with Gasteiger partial charge in [-0.1, -0.05) is 22.0 Å². The van der Waals surface area contributed by atoms with E-state index in [1.54, 1.807) is 0 Å². The van der Waals surface area contributed by atoms with Crippen LogP contribution in [0, 0.1) is 11.7 Å². The van der Waals surface area contributed by atoms with E-state index in [1.165, 1.54) is 6.07 Å². The summed E-state index contributed by atoms with van der Waals surface area (Å²) in [7, 11) is 0. The van der Waals surface area contributed by atoms with Gasteiger partial charge < -0.3 is 15.0 Å². The molecule has 26 heavy (non-hydrogen) atoms. The summed E-state index contributed by atoms with van der Waals surface area (Å²) >= 11 is 3.29. The second kappa shape index (κ2) is 12.9. The van der Waals surface area contributed by atoms with E-state index in [4.69, 9.17) is 9.73 Å². The number of rotatable bonds is 8. The maximum atomic E-state index is 13.8. The zero-order chi connectivity index (χ0) is 18.1. The SMILES string of the molecule is CCNC(=NCCCc1ccc(Br)cc1F)N1CCC(COCC)C1.I. The molecule has 0 saturated carbocycles. The highest BCUT2D eigenvalue weighted by Crippen LogP contribution is 2.18. The van der Waals surface area contributed by atoms with Gasteiger partial charge >= 0.3 is 0 Å². The molecular weight excluding hydrogens is 512 g/mol. The summed E-state index contributed by atoms with van der Waals surface area (Å²) in [5, 5.41) is 3.37. The quantitative estimate of drug-likeness (QED) is 0.228. The van der Waals surface area contributed by atoms with Gasteiger partial charge in [0.2, 0.25) is 0 Å². The van der Waals surface area contributed by atoms with Crippen LogP contribution >= 0.6 is 39.9 Å². The van der Waals surface area contributed by atoms with Crippen LogP contribution in [0.3, 0.4) is 0 Å². The smallest absolute Gasteiger partial charge is 0.193 e. The van der Waals surface area contributed by atoms with Crippen molar-refractivity contribution in [2.45, 2.75) is 33.1 Å². The number of halogens is 3. The number of benzene rings is 1. The Morgan fingerprint density at radius 3 is 2.92 bits per heavy atom. The normalized spacial score (nSPS) is 17.3. The molecule has 1 fully saturated rings. The lowest BCUT2D eigenvalue weighted by Gasteiger charge is -2.21. The van der Waals surface area contributed by atoms with Crippen molar-refractivity contribution in [1.29, 1.82) is 0 Å². The van der Waals surface area contributed by atoms with Gasteiger partial charge in [0, 0.05) is 43.2 Å². The highest BCUT2D eigenvalue weighted by molar-refractivity contribution is 14.0. The van der Waals surface area contributed by atoms with Gasteiger partial charge in [-0.25, -0.2) is 4.39 Å². The van der Waals surface area contributed by atoms with Crippen LogP contribution in [0.4, 0.5) is 4.39 Å². The minimum Gasteiger partial charge on any atom is -0.381 e. The number of nitrogens with one attached hydrogen (secondary N) is 1. The molecule has 1 aliphatic heterocycles. The Morgan fingerprint density at radius 2 is 2.23 bits per heavy atom. The Kier molecular flexibility index (Phi) is 11.7. The second-order valence-corrected chi connectivity index (χ2v) is 7.25. The predicted molar refractivity (Wildman–Crippen MR) is 120 cm³/mol. The molecule has 4 nitrogen and oxygen atoms in total. The molecule has 0 aromatic heterocycles. The molecule has 1 atom stereocenters. The summed E-state index contributed by atoms with van der Waals surface area (Å²) < 4.78 is 20.2. The molecule has 0 spiro atoms. The van der Waals surface area contributed by atoms with Crippen LogP contribution in [-0.4, -0.2) is 50.3 Å². The molecule has 0 amide bonds. The standard InChI is InChI=1S/C19H29BrFN3O.HI/c1-3-22-19(24-11-9-15(13-24)14-25-4-2)23-10-5-6-16-7-8-17(20)12-18(16)21;/h7-8,12,15H,3-6,9-11,13-14H2,1-2H3,(H,22,23);1H. The molecule has 148 valence electrons. The van der Waals surface area contributed by atoms with Gasteiger partial charge in [-0.3, -0.25) is 4.99 Å². The molecule has 0 aliphatic carbocycles. The molecule has 1 heterocycles. The Balaban J connectivity index is 0.00000338. The number of guanidine groups is 1. The van der Waals surface area contributed by atoms with Crippen LogP contribution in [0.2, 0.25) is 0 Å². The summed E-state index contributed by atoms with van der Waals surface area (Å²) in [5.41, 5.74) is 0.751. The lowest BCUT2D eigenvalue weighted by Crippen LogP contribution is -2.40. The summed E-state index contributed by atoms with van der Waals surface area (Å²) in [4.78, 5) is 7.04. The third kappa shape index (κ3) is 7.68. The molecule has 1 saturated heterocycles. The van der Waals surface area contributed by atoms with Crippen LogP contribution < -0.4 is 5.32 Å². The molecule has 1 aliphatic rings. The third-order valence-corrected chi connectivity index (χ3v) is 4.85. The second-order valence-electron chi connectivity index (χ2n) is 6.34. The summed E-state index contributed by atoms with van der Waals surface area (Å²) in [6.07, 6.45) is 2.69. The van der Waals surface area contributed by atoms with Crippen molar-refractivity contribution in [3.05, 3.63) is 34.1 Å². The number of aryl methyl sites for hydroxylation is 1. The average molecular weight is 542 g/mol. The molecule has 1 unspecified atom stereocenters. The summed E-state index contributed by atoms with van der Waals surface area (Å²) in [6, 6.07) is 5.24. The van der Waals surface area contributed by atoms with Crippen molar-refractivity contribution >= 4 is 45.9 Å². The van der Waals surface area contributed by atoms with Gasteiger partial charge in [0.25, 0.3) is 0 Å². The van der Waals surface area contributed by atoms with E-state index in [0.717, 1.165) is 61.7 Å². The number of aliphatic imine (C=N–C) groups is 1. The first-order chi connectivity index (χ1) is 12.1. The van der Waals surface area contributed by atoms with Crippen LogP contribution in [0.25, 0.3) is 0 Å². The number of nitrogens with zero attached hydrogens (tertiary/aromatic N) is 2. The van der Waals surface area contributed by atoms with Crippen LogP contribution in [0.5, 0.6) is 0 Å². The first kappa shape index (κ1) is 23.6. The highest BCUT2D eigenvalue weighted by Gasteiger charge is 2.24. The first-order valence-corrected chi connectivity index (χ1v) is 9.98. The molecule has 1 N–H and O–H groups in total. The fraction of sp³-hybridized carbons (Fsp3) is 0.632. The summed E-state index contributed by atoms with van der Waals surface area (Å²) in [6.45, 7) is 9.29. The minimum atomic E-state index is -0.149. The van der Waals surface area contributed by atoms with E-state index in [2.05, 4.69) is 33.1 Å². The zero-order valence-electron chi connectivity index (χ0n) is 15.6. The molecule has 7 heteroatoms. The number of ether oxygens (including phenoxy) is 1. The van der Waals surface area contributed by atoms with E-state index in [1.807, 2.05) is 19.1 Å². The Hall–Kier alpha value is -0.410. The maximum Gasteiger partial charge on any atom is 0.193 e. The molecular formula is C19H30BrFIN3O. The number of hydrogen-bond acceptors (Lipinski definition) is 2. The Morgan fingerprint density at radius 1 is 1.42 bits per heavy atom. The van der Waals surface area contributed by atoms with Gasteiger partial charge in [0.05, 0.1) is 6.61 Å². The largest absolute Gasteiger partial charge is 0.381 e. The highest BCUT2D eigenvalue weighted by atomic mass is 127. The fourth-order valence-electron chi connectivity index (χ4n) is 3.05. The van der Waals surface area contributed by atoms with E-state index in [0.29, 0.717) is 18.9 Å². The van der Waals surface area contributed by atoms with Crippen LogP contribution in [0.15, 0.2) is 27.7 Å². The van der Waals surface area contributed by atoms with Crippen molar-refractivity contribution in [1.82, 2.24) is 10.2 Å². The summed E-state index contributed by atoms with van der Waals surface area (Å²) in [5.74, 6) is 1.40. The fourth-order valence-corrected chi connectivity index (χ4v) is 3.38. The van der Waals surface area contributed by atoms with Crippen molar-refractivity contribution in [2.24, 2.45) is 10.9 Å². The molecule has 0 radical (unpaired) electrons. The topological polar surface area (TPSA) is 36.9 Å². The van der Waals surface area contributed by atoms with Crippen LogP contribution in [0.1, 0.15) is 32.3 Å². The van der Waals surface area contributed by atoms with Crippen molar-refractivity contribution in [2.75, 3.05) is 39.4 Å². The molecule has 1 aromatic rings. The zero-order valence-corrected chi connectivity index (χ0v) is 19.6. The molecule has 1 aromatic carbocycles. The van der Waals surface area contributed by atoms with Gasteiger partial charge in [-0.2, -0.15) is 0 Å². The first-order valence-electron chi connectivity index (χ1n) is 9.19. The third-order valence-electron chi connectivity index (χ3n) is 4.36. The lowest BCUT2D eigenvalue weighted by molar-refractivity contribution is 0.114. The van der Waals surface area contributed by atoms with E-state index < -0.39 is 0 Å². The lowest BCUT2D eigenvalue weighted by atomic mass is 10.1. The van der Waals surface area contributed by atoms with Crippen molar-refractivity contribution < 1.29 is 9.13 Å². The van der Waals surface area contributed by atoms with Gasteiger partial charge in [0.15, 0.2) is 5.96 Å².